The van der Waals surface area contributed by atoms with Gasteiger partial charge in [-0.1, -0.05) is 127 Å². The van der Waals surface area contributed by atoms with Crippen molar-refractivity contribution in [2.24, 2.45) is 0 Å². The van der Waals surface area contributed by atoms with Gasteiger partial charge in [0.05, 0.1) is 0 Å². The average molecular weight is 627 g/mol. The first-order valence-corrected chi connectivity index (χ1v) is 17.3. The second-order valence-electron chi connectivity index (χ2n) is 12.7. The lowest BCUT2D eigenvalue weighted by molar-refractivity contribution is 0.669. The van der Waals surface area contributed by atoms with Crippen LogP contribution in [0.2, 0.25) is 0 Å². The minimum absolute atomic E-state index is 0.940. The van der Waals surface area contributed by atoms with Crippen molar-refractivity contribution in [3.05, 3.63) is 158 Å². The molecule has 0 fully saturated rings. The van der Waals surface area contributed by atoms with E-state index < -0.39 is 0 Å². The Bertz CT molecular complexity index is 3010. The van der Waals surface area contributed by atoms with Crippen LogP contribution < -0.4 is 0 Å². The molecule has 0 unspecified atom stereocenters. The molecule has 2 aromatic heterocycles. The van der Waals surface area contributed by atoms with E-state index in [1.807, 2.05) is 11.3 Å². The topological polar surface area (TPSA) is 13.1 Å². The zero-order valence-electron chi connectivity index (χ0n) is 25.8. The van der Waals surface area contributed by atoms with E-state index in [-0.39, 0.29) is 0 Å². The van der Waals surface area contributed by atoms with Gasteiger partial charge in [-0.05, 0) is 96.0 Å². The number of hydrogen-bond acceptors (Lipinski definition) is 2. The fourth-order valence-electron chi connectivity index (χ4n) is 8.32. The highest BCUT2D eigenvalue weighted by Crippen LogP contribution is 2.50. The number of thiophene rings is 1. The Hall–Kier alpha value is -5.96. The molecule has 2 heteroatoms. The first-order valence-electron chi connectivity index (χ1n) is 16.4. The van der Waals surface area contributed by atoms with Crippen molar-refractivity contribution in [3.63, 3.8) is 0 Å². The normalized spacial score (nSPS) is 12.2. The molecule has 0 saturated carbocycles. The molecule has 0 atom stereocenters. The molecule has 222 valence electrons. The molecule has 11 rings (SSSR count). The van der Waals surface area contributed by atoms with Gasteiger partial charge >= 0.3 is 0 Å². The van der Waals surface area contributed by atoms with Crippen LogP contribution in [0.4, 0.5) is 0 Å². The maximum absolute atomic E-state index is 6.36. The molecule has 9 aromatic carbocycles. The van der Waals surface area contributed by atoms with E-state index >= 15 is 0 Å². The van der Waals surface area contributed by atoms with E-state index in [1.54, 1.807) is 0 Å². The van der Waals surface area contributed by atoms with Crippen molar-refractivity contribution in [1.29, 1.82) is 0 Å². The van der Waals surface area contributed by atoms with E-state index in [2.05, 4.69) is 158 Å². The van der Waals surface area contributed by atoms with Gasteiger partial charge in [-0.3, -0.25) is 0 Å². The number of rotatable bonds is 3. The SMILES string of the molecule is c1ccc(-c2cccc3sc4ccccc4c23)c(-c2c3ccccc3c(-c3cc4cccc5oc6cccc3c6c45)c3ccccc23)c1. The highest BCUT2D eigenvalue weighted by atomic mass is 32.1. The second kappa shape index (κ2) is 9.78. The third kappa shape index (κ3) is 3.50. The first-order chi connectivity index (χ1) is 23.8. The molecule has 0 saturated heterocycles. The molecule has 0 radical (unpaired) electrons. The number of benzene rings is 9. The Balaban J connectivity index is 1.28. The average Bonchev–Trinajstić information content (AvgIpc) is 3.72. The van der Waals surface area contributed by atoms with Crippen molar-refractivity contribution in [2.75, 3.05) is 0 Å². The summed E-state index contributed by atoms with van der Waals surface area (Å²) in [5, 5.41) is 12.5. The van der Waals surface area contributed by atoms with Gasteiger partial charge in [0.15, 0.2) is 0 Å². The summed E-state index contributed by atoms with van der Waals surface area (Å²) in [7, 11) is 0. The Morgan fingerprint density at radius 1 is 0.333 bits per heavy atom. The number of fused-ring (bicyclic) bond motifs is 5. The quantitative estimate of drug-likeness (QED) is 0.140. The van der Waals surface area contributed by atoms with Crippen LogP contribution in [0.25, 0.3) is 108 Å². The summed E-state index contributed by atoms with van der Waals surface area (Å²) in [4.78, 5) is 0. The highest BCUT2D eigenvalue weighted by molar-refractivity contribution is 7.25. The maximum atomic E-state index is 6.36. The van der Waals surface area contributed by atoms with Crippen LogP contribution in [0.15, 0.2) is 162 Å². The Kier molecular flexibility index (Phi) is 5.32. The van der Waals surface area contributed by atoms with Crippen LogP contribution in [-0.4, -0.2) is 0 Å². The molecule has 0 aliphatic carbocycles. The zero-order valence-corrected chi connectivity index (χ0v) is 26.6. The summed E-state index contributed by atoms with van der Waals surface area (Å²) in [6, 6.07) is 57.8. The summed E-state index contributed by atoms with van der Waals surface area (Å²) >= 11 is 1.87. The van der Waals surface area contributed by atoms with Gasteiger partial charge in [0.25, 0.3) is 0 Å². The molecule has 1 nitrogen and oxygen atoms in total. The van der Waals surface area contributed by atoms with Crippen LogP contribution in [0, 0.1) is 0 Å². The predicted molar refractivity (Wildman–Crippen MR) is 207 cm³/mol. The maximum Gasteiger partial charge on any atom is 0.136 e. The van der Waals surface area contributed by atoms with Crippen LogP contribution >= 0.6 is 11.3 Å². The monoisotopic (exact) mass is 626 g/mol. The molecule has 0 amide bonds. The number of hydrogen-bond donors (Lipinski definition) is 0. The molecule has 0 N–H and O–H groups in total. The lowest BCUT2D eigenvalue weighted by Gasteiger charge is -2.21. The molecule has 0 bridgehead atoms. The van der Waals surface area contributed by atoms with Crippen molar-refractivity contribution < 1.29 is 4.42 Å². The highest BCUT2D eigenvalue weighted by Gasteiger charge is 2.23. The first kappa shape index (κ1) is 26.1. The molecule has 0 aliphatic heterocycles. The van der Waals surface area contributed by atoms with Crippen LogP contribution in [0.3, 0.4) is 0 Å². The van der Waals surface area contributed by atoms with Crippen molar-refractivity contribution in [1.82, 2.24) is 0 Å². The Morgan fingerprint density at radius 2 is 0.854 bits per heavy atom. The molecule has 2 heterocycles. The lowest BCUT2D eigenvalue weighted by atomic mass is 9.82. The fraction of sp³-hybridized carbons (Fsp3) is 0. The zero-order chi connectivity index (χ0) is 31.3. The van der Waals surface area contributed by atoms with E-state index in [4.69, 9.17) is 4.42 Å². The summed E-state index contributed by atoms with van der Waals surface area (Å²) in [6.45, 7) is 0. The fourth-order valence-corrected chi connectivity index (χ4v) is 9.45. The van der Waals surface area contributed by atoms with Crippen LogP contribution in [0.1, 0.15) is 0 Å². The van der Waals surface area contributed by atoms with Gasteiger partial charge in [0.1, 0.15) is 11.2 Å². The molecule has 11 aromatic rings. The molecule has 48 heavy (non-hydrogen) atoms. The summed E-state index contributed by atoms with van der Waals surface area (Å²) in [5.41, 5.74) is 9.45. The second-order valence-corrected chi connectivity index (χ2v) is 13.8. The molecular formula is C46H26OS. The van der Waals surface area contributed by atoms with Gasteiger partial charge in [-0.15, -0.1) is 11.3 Å². The Labute approximate surface area is 280 Å². The van der Waals surface area contributed by atoms with Gasteiger partial charge in [0.2, 0.25) is 0 Å². The molecular weight excluding hydrogens is 601 g/mol. The molecule has 0 aliphatic rings. The minimum Gasteiger partial charge on any atom is -0.456 e. The van der Waals surface area contributed by atoms with Crippen molar-refractivity contribution >= 4 is 85.8 Å². The van der Waals surface area contributed by atoms with E-state index in [0.717, 1.165) is 11.2 Å². The lowest BCUT2D eigenvalue weighted by Crippen LogP contribution is -1.93. The largest absolute Gasteiger partial charge is 0.456 e. The van der Waals surface area contributed by atoms with Crippen molar-refractivity contribution in [3.8, 4) is 33.4 Å². The third-order valence-electron chi connectivity index (χ3n) is 10.2. The van der Waals surface area contributed by atoms with Crippen molar-refractivity contribution in [2.45, 2.75) is 0 Å². The summed E-state index contributed by atoms with van der Waals surface area (Å²) in [6.07, 6.45) is 0. The van der Waals surface area contributed by atoms with Crippen LogP contribution in [0.5, 0.6) is 0 Å². The van der Waals surface area contributed by atoms with Gasteiger partial charge in [-0.25, -0.2) is 0 Å². The predicted octanol–water partition coefficient (Wildman–Crippen LogP) is 13.9. The standard InChI is InChI=1S/C46H26OS/c1-2-14-29(28(13-1)30-21-11-25-41-45(30)36-19-7-8-24-40(36)48-41)43-31-15-3-5-17-33(31)44(34-18-6-4-16-32(34)43)37-26-27-12-9-22-38-42(27)46-35(37)20-10-23-39(46)47-38/h1-26H. The van der Waals surface area contributed by atoms with Gasteiger partial charge in [-0.2, -0.15) is 0 Å². The summed E-state index contributed by atoms with van der Waals surface area (Å²) in [5.74, 6) is 0. The molecule has 0 spiro atoms. The van der Waals surface area contributed by atoms with Crippen LogP contribution in [-0.2, 0) is 0 Å². The van der Waals surface area contributed by atoms with E-state index in [1.165, 1.54) is 96.6 Å². The third-order valence-corrected chi connectivity index (χ3v) is 11.4. The van der Waals surface area contributed by atoms with Gasteiger partial charge < -0.3 is 4.42 Å². The van der Waals surface area contributed by atoms with E-state index in [0.29, 0.717) is 0 Å². The number of furan rings is 1. The van der Waals surface area contributed by atoms with Gasteiger partial charge in [0, 0.05) is 30.9 Å². The smallest absolute Gasteiger partial charge is 0.136 e. The minimum atomic E-state index is 0.940. The van der Waals surface area contributed by atoms with E-state index in [9.17, 15) is 0 Å². The summed E-state index contributed by atoms with van der Waals surface area (Å²) < 4.78 is 9.01. The Morgan fingerprint density at radius 3 is 1.60 bits per heavy atom.